The van der Waals surface area contributed by atoms with E-state index in [1.54, 1.807) is 5.56 Å². The van der Waals surface area contributed by atoms with E-state index in [9.17, 15) is 0 Å². The fraction of sp³-hybridized carbons (Fsp3) is 0.625. The SMILES string of the molecule is CCCC1CCC(C2CCC(c3ccc(-c4ccc(CCCCCO)cc4)cc3)CC2)CC1. The number of aliphatic hydroxyl groups is 1. The van der Waals surface area contributed by atoms with E-state index in [0.717, 1.165) is 49.4 Å². The molecule has 0 radical (unpaired) electrons. The number of hydrogen-bond acceptors (Lipinski definition) is 1. The summed E-state index contributed by atoms with van der Waals surface area (Å²) in [5, 5.41) is 8.92. The third kappa shape index (κ3) is 6.95. The topological polar surface area (TPSA) is 20.2 Å². The van der Waals surface area contributed by atoms with Crippen molar-refractivity contribution in [3.8, 4) is 11.1 Å². The summed E-state index contributed by atoms with van der Waals surface area (Å²) < 4.78 is 0. The van der Waals surface area contributed by atoms with Gasteiger partial charge in [0.15, 0.2) is 0 Å². The highest BCUT2D eigenvalue weighted by atomic mass is 16.2. The van der Waals surface area contributed by atoms with Crippen LogP contribution in [0.4, 0.5) is 0 Å². The lowest BCUT2D eigenvalue weighted by Gasteiger charge is -2.38. The lowest BCUT2D eigenvalue weighted by Crippen LogP contribution is -2.25. The summed E-state index contributed by atoms with van der Waals surface area (Å²) in [4.78, 5) is 0. The van der Waals surface area contributed by atoms with Crippen molar-refractivity contribution in [3.05, 3.63) is 59.7 Å². The van der Waals surface area contributed by atoms with Gasteiger partial charge < -0.3 is 5.11 Å². The highest BCUT2D eigenvalue weighted by molar-refractivity contribution is 5.64. The fourth-order valence-corrected chi connectivity index (χ4v) is 6.71. The molecule has 180 valence electrons. The summed E-state index contributed by atoms with van der Waals surface area (Å²) in [6, 6.07) is 18.6. The maximum Gasteiger partial charge on any atom is 0.0431 e. The molecule has 1 heteroatoms. The van der Waals surface area contributed by atoms with Crippen LogP contribution in [0.2, 0.25) is 0 Å². The second kappa shape index (κ2) is 12.7. The number of aliphatic hydroxyl groups excluding tert-OH is 1. The Bertz CT molecular complexity index is 789. The van der Waals surface area contributed by atoms with Crippen LogP contribution in [0.15, 0.2) is 48.5 Å². The van der Waals surface area contributed by atoms with Crippen LogP contribution >= 0.6 is 0 Å². The molecule has 0 spiro atoms. The molecular weight excluding hydrogens is 400 g/mol. The van der Waals surface area contributed by atoms with E-state index in [1.165, 1.54) is 80.9 Å². The van der Waals surface area contributed by atoms with Crippen molar-refractivity contribution in [1.82, 2.24) is 0 Å². The minimum absolute atomic E-state index is 0.316. The first-order valence-electron chi connectivity index (χ1n) is 14.1. The van der Waals surface area contributed by atoms with Crippen LogP contribution in [0.3, 0.4) is 0 Å². The molecule has 2 fully saturated rings. The average Bonchev–Trinajstić information content (AvgIpc) is 2.88. The van der Waals surface area contributed by atoms with Crippen LogP contribution in [0, 0.1) is 17.8 Å². The van der Waals surface area contributed by atoms with Gasteiger partial charge in [-0.2, -0.15) is 0 Å². The molecule has 2 aromatic rings. The van der Waals surface area contributed by atoms with Gasteiger partial charge in [0.25, 0.3) is 0 Å². The van der Waals surface area contributed by atoms with Gasteiger partial charge in [-0.15, -0.1) is 0 Å². The van der Waals surface area contributed by atoms with Crippen molar-refractivity contribution in [2.24, 2.45) is 17.8 Å². The van der Waals surface area contributed by atoms with Crippen LogP contribution < -0.4 is 0 Å². The van der Waals surface area contributed by atoms with Gasteiger partial charge in [0.2, 0.25) is 0 Å². The summed E-state index contributed by atoms with van der Waals surface area (Å²) in [7, 11) is 0. The molecule has 0 bridgehead atoms. The maximum absolute atomic E-state index is 8.92. The largest absolute Gasteiger partial charge is 0.396 e. The molecule has 0 amide bonds. The Morgan fingerprint density at radius 2 is 1.24 bits per heavy atom. The smallest absolute Gasteiger partial charge is 0.0431 e. The summed E-state index contributed by atoms with van der Waals surface area (Å²) in [5.41, 5.74) is 5.62. The summed E-state index contributed by atoms with van der Waals surface area (Å²) in [5.74, 6) is 3.84. The van der Waals surface area contributed by atoms with Crippen molar-refractivity contribution >= 4 is 0 Å². The molecule has 2 aromatic carbocycles. The molecule has 1 N–H and O–H groups in total. The van der Waals surface area contributed by atoms with E-state index in [4.69, 9.17) is 5.11 Å². The number of benzene rings is 2. The number of rotatable bonds is 10. The second-order valence-corrected chi connectivity index (χ2v) is 11.0. The Morgan fingerprint density at radius 1 is 0.667 bits per heavy atom. The molecule has 0 unspecified atom stereocenters. The van der Waals surface area contributed by atoms with Crippen LogP contribution in [-0.4, -0.2) is 11.7 Å². The minimum Gasteiger partial charge on any atom is -0.396 e. The molecule has 33 heavy (non-hydrogen) atoms. The van der Waals surface area contributed by atoms with E-state index in [0.29, 0.717) is 6.61 Å². The zero-order valence-electron chi connectivity index (χ0n) is 21.0. The normalized spacial score (nSPS) is 25.8. The van der Waals surface area contributed by atoms with Gasteiger partial charge in [0.05, 0.1) is 0 Å². The first kappa shape index (κ1) is 24.5. The first-order chi connectivity index (χ1) is 16.3. The van der Waals surface area contributed by atoms with E-state index >= 15 is 0 Å². The molecule has 4 rings (SSSR count). The minimum atomic E-state index is 0.316. The van der Waals surface area contributed by atoms with E-state index in [2.05, 4.69) is 55.5 Å². The second-order valence-electron chi connectivity index (χ2n) is 11.0. The van der Waals surface area contributed by atoms with Crippen LogP contribution in [0.1, 0.15) is 107 Å². The molecule has 2 aliphatic carbocycles. The van der Waals surface area contributed by atoms with Gasteiger partial charge in [-0.05, 0) is 104 Å². The van der Waals surface area contributed by atoms with Crippen LogP contribution in [0.25, 0.3) is 11.1 Å². The average molecular weight is 447 g/mol. The zero-order valence-corrected chi connectivity index (χ0v) is 21.0. The Labute approximate surface area is 203 Å². The van der Waals surface area contributed by atoms with Crippen molar-refractivity contribution in [1.29, 1.82) is 0 Å². The number of hydrogen-bond donors (Lipinski definition) is 1. The quantitative estimate of drug-likeness (QED) is 0.361. The third-order valence-electron chi connectivity index (χ3n) is 8.82. The van der Waals surface area contributed by atoms with Crippen molar-refractivity contribution in [2.75, 3.05) is 6.61 Å². The third-order valence-corrected chi connectivity index (χ3v) is 8.82. The van der Waals surface area contributed by atoms with Gasteiger partial charge in [0.1, 0.15) is 0 Å². The molecular formula is C32H46O. The van der Waals surface area contributed by atoms with Crippen molar-refractivity contribution < 1.29 is 5.11 Å². The fourth-order valence-electron chi connectivity index (χ4n) is 6.71. The molecule has 0 aliphatic heterocycles. The van der Waals surface area contributed by atoms with Gasteiger partial charge >= 0.3 is 0 Å². The highest BCUT2D eigenvalue weighted by Gasteiger charge is 2.31. The molecule has 1 nitrogen and oxygen atoms in total. The van der Waals surface area contributed by atoms with Gasteiger partial charge in [-0.3, -0.25) is 0 Å². The standard InChI is InChI=1S/C32H46O/c1-2-6-25-8-12-27(13-9-25)29-16-20-31(21-17-29)32-22-18-30(19-23-32)28-14-10-26(11-15-28)7-4-3-5-24-33/h10-11,14-15,18-19,22-23,25,27,29,31,33H,2-9,12-13,16-17,20-21,24H2,1H3. The number of aryl methyl sites for hydroxylation is 1. The molecule has 0 atom stereocenters. The van der Waals surface area contributed by atoms with Gasteiger partial charge in [0, 0.05) is 6.61 Å². The molecule has 0 saturated heterocycles. The monoisotopic (exact) mass is 446 g/mol. The van der Waals surface area contributed by atoms with E-state index < -0.39 is 0 Å². The molecule has 0 heterocycles. The lowest BCUT2D eigenvalue weighted by molar-refractivity contribution is 0.156. The molecule has 2 saturated carbocycles. The first-order valence-corrected chi connectivity index (χ1v) is 14.1. The summed E-state index contributed by atoms with van der Waals surface area (Å²) in [6.07, 6.45) is 18.9. The lowest BCUT2D eigenvalue weighted by atomic mass is 9.68. The van der Waals surface area contributed by atoms with Gasteiger partial charge in [-0.25, -0.2) is 0 Å². The van der Waals surface area contributed by atoms with Crippen molar-refractivity contribution in [3.63, 3.8) is 0 Å². The predicted octanol–water partition coefficient (Wildman–Crippen LogP) is 8.94. The maximum atomic E-state index is 8.92. The Kier molecular flexibility index (Phi) is 9.47. The Morgan fingerprint density at radius 3 is 1.82 bits per heavy atom. The van der Waals surface area contributed by atoms with E-state index in [1.807, 2.05) is 0 Å². The van der Waals surface area contributed by atoms with Crippen LogP contribution in [0.5, 0.6) is 0 Å². The van der Waals surface area contributed by atoms with Crippen LogP contribution in [-0.2, 0) is 6.42 Å². The Hall–Kier alpha value is -1.60. The summed E-state index contributed by atoms with van der Waals surface area (Å²) >= 11 is 0. The predicted molar refractivity (Wildman–Crippen MR) is 142 cm³/mol. The van der Waals surface area contributed by atoms with E-state index in [-0.39, 0.29) is 0 Å². The number of unbranched alkanes of at least 4 members (excludes halogenated alkanes) is 2. The van der Waals surface area contributed by atoms with Crippen molar-refractivity contribution in [2.45, 2.75) is 103 Å². The van der Waals surface area contributed by atoms with Gasteiger partial charge in [-0.1, -0.05) is 87.6 Å². The Balaban J connectivity index is 1.24. The summed E-state index contributed by atoms with van der Waals surface area (Å²) in [6.45, 7) is 2.66. The highest BCUT2D eigenvalue weighted by Crippen LogP contribution is 2.44. The molecule has 2 aliphatic rings. The molecule has 0 aromatic heterocycles. The zero-order chi connectivity index (χ0) is 22.9.